The molecular formula is C26H24N2O3. The van der Waals surface area contributed by atoms with E-state index in [9.17, 15) is 15.0 Å². The molecule has 0 bridgehead atoms. The van der Waals surface area contributed by atoms with Gasteiger partial charge in [-0.15, -0.1) is 0 Å². The minimum absolute atomic E-state index is 0.0116. The lowest BCUT2D eigenvalue weighted by Gasteiger charge is -2.50. The van der Waals surface area contributed by atoms with Gasteiger partial charge in [-0.25, -0.2) is 9.97 Å². The lowest BCUT2D eigenvalue weighted by molar-refractivity contribution is -0.123. The van der Waals surface area contributed by atoms with Crippen LogP contribution in [0.25, 0.3) is 11.4 Å². The summed E-state index contributed by atoms with van der Waals surface area (Å²) < 4.78 is 0. The molecule has 0 unspecified atom stereocenters. The number of aromatic hydroxyl groups is 1. The van der Waals surface area contributed by atoms with Crippen molar-refractivity contribution in [2.45, 2.75) is 31.6 Å². The molecule has 0 amide bonds. The number of Topliss-reactive ketones (excluding diaryl/α,β-unsaturated/α-hetero) is 1. The molecule has 0 aliphatic heterocycles. The number of allylic oxidation sites excluding steroid dienone is 1. The van der Waals surface area contributed by atoms with Gasteiger partial charge in [0.1, 0.15) is 5.75 Å². The molecule has 0 saturated heterocycles. The van der Waals surface area contributed by atoms with E-state index in [0.29, 0.717) is 23.4 Å². The summed E-state index contributed by atoms with van der Waals surface area (Å²) in [6.07, 6.45) is 4.87. The number of carbonyl (C=O) groups excluding carboxylic acids is 1. The van der Waals surface area contributed by atoms with Crippen molar-refractivity contribution in [3.8, 4) is 17.1 Å². The Morgan fingerprint density at radius 1 is 1.10 bits per heavy atom. The Kier molecular flexibility index (Phi) is 4.62. The Balaban J connectivity index is 1.79. The number of aryl methyl sites for hydroxylation is 1. The Hall–Kier alpha value is -3.47. The van der Waals surface area contributed by atoms with Gasteiger partial charge in [-0.05, 0) is 48.4 Å². The molecule has 0 spiro atoms. The van der Waals surface area contributed by atoms with E-state index in [1.165, 1.54) is 0 Å². The third-order valence-corrected chi connectivity index (χ3v) is 7.04. The molecule has 3 aromatic rings. The Morgan fingerprint density at radius 3 is 2.58 bits per heavy atom. The number of aromatic nitrogens is 2. The number of rotatable bonds is 2. The lowest BCUT2D eigenvalue weighted by atomic mass is 9.52. The molecule has 5 rings (SSSR count). The van der Waals surface area contributed by atoms with Crippen LogP contribution in [0.2, 0.25) is 0 Å². The van der Waals surface area contributed by atoms with E-state index in [0.717, 1.165) is 35.9 Å². The van der Waals surface area contributed by atoms with Crippen LogP contribution in [0.1, 0.15) is 36.6 Å². The van der Waals surface area contributed by atoms with E-state index in [4.69, 9.17) is 4.98 Å². The van der Waals surface area contributed by atoms with E-state index < -0.39 is 5.41 Å². The number of nitrogens with zero attached hydrogens (tertiary/aromatic N) is 2. The van der Waals surface area contributed by atoms with E-state index in [1.54, 1.807) is 18.2 Å². The highest BCUT2D eigenvalue weighted by Gasteiger charge is 2.54. The van der Waals surface area contributed by atoms with Crippen molar-refractivity contribution < 1.29 is 15.0 Å². The fourth-order valence-corrected chi connectivity index (χ4v) is 5.55. The van der Waals surface area contributed by atoms with E-state index >= 15 is 0 Å². The molecule has 1 aromatic heterocycles. The molecule has 3 atom stereocenters. The number of fused-ring (bicyclic) bond motifs is 3. The van der Waals surface area contributed by atoms with E-state index in [1.807, 2.05) is 37.4 Å². The van der Waals surface area contributed by atoms with Crippen LogP contribution >= 0.6 is 0 Å². The Labute approximate surface area is 181 Å². The highest BCUT2D eigenvalue weighted by Crippen LogP contribution is 2.55. The molecule has 5 nitrogen and oxygen atoms in total. The van der Waals surface area contributed by atoms with Crippen molar-refractivity contribution in [2.75, 3.05) is 0 Å². The molecule has 1 saturated carbocycles. The predicted molar refractivity (Wildman–Crippen MR) is 118 cm³/mol. The van der Waals surface area contributed by atoms with Gasteiger partial charge in [0.2, 0.25) is 0 Å². The molecule has 31 heavy (non-hydrogen) atoms. The number of aliphatic hydroxyl groups is 1. The number of para-hydroxylation sites is 1. The van der Waals surface area contributed by atoms with Gasteiger partial charge in [-0.3, -0.25) is 4.79 Å². The van der Waals surface area contributed by atoms with Gasteiger partial charge in [0.25, 0.3) is 0 Å². The highest BCUT2D eigenvalue weighted by atomic mass is 16.3. The summed E-state index contributed by atoms with van der Waals surface area (Å²) in [5.41, 5.74) is 3.50. The molecule has 2 aliphatic carbocycles. The molecule has 1 fully saturated rings. The Morgan fingerprint density at radius 2 is 1.84 bits per heavy atom. The first kappa shape index (κ1) is 19.5. The first-order valence-corrected chi connectivity index (χ1v) is 10.6. The standard InChI is InChI=1S/C26H24N2O3/c1-16-21-12-11-17-14-27-25(20-9-5-6-10-22(20)30)28-24(17)26(21,13-18(15-29)23(16)31)19-7-3-2-4-8-19/h2-10,14-16,21,29-30H,11-13H2,1H3/b18-15-/t16-,21-,26+/m0/s1. The van der Waals surface area contributed by atoms with Crippen LogP contribution in [0.15, 0.2) is 72.6 Å². The van der Waals surface area contributed by atoms with Crippen LogP contribution in [0, 0.1) is 11.8 Å². The van der Waals surface area contributed by atoms with Crippen molar-refractivity contribution in [1.29, 1.82) is 0 Å². The van der Waals surface area contributed by atoms with Gasteiger partial charge in [-0.1, -0.05) is 49.4 Å². The second-order valence-corrected chi connectivity index (χ2v) is 8.55. The summed E-state index contributed by atoms with van der Waals surface area (Å²) in [6, 6.07) is 17.2. The molecule has 0 radical (unpaired) electrons. The quantitative estimate of drug-likeness (QED) is 0.469. The van der Waals surface area contributed by atoms with Crippen molar-refractivity contribution in [3.63, 3.8) is 0 Å². The monoisotopic (exact) mass is 412 g/mol. The fourth-order valence-electron chi connectivity index (χ4n) is 5.55. The Bertz CT molecular complexity index is 1190. The number of aliphatic hydroxyl groups excluding tert-OH is 1. The number of benzene rings is 2. The van der Waals surface area contributed by atoms with Gasteiger partial charge < -0.3 is 10.2 Å². The molecular weight excluding hydrogens is 388 g/mol. The van der Waals surface area contributed by atoms with E-state index in [-0.39, 0.29) is 23.4 Å². The smallest absolute Gasteiger partial charge is 0.165 e. The SMILES string of the molecule is C[C@@H]1C(=O)/C(=C\O)C[C@]2(c3ccccc3)c3nc(-c4ccccc4O)ncc3CC[C@@H]12. The second-order valence-electron chi connectivity index (χ2n) is 8.55. The van der Waals surface area contributed by atoms with Crippen molar-refractivity contribution >= 4 is 5.78 Å². The number of hydrogen-bond donors (Lipinski definition) is 2. The molecule has 5 heteroatoms. The molecule has 1 heterocycles. The molecule has 156 valence electrons. The van der Waals surface area contributed by atoms with Crippen LogP contribution in [0.3, 0.4) is 0 Å². The number of ketones is 1. The van der Waals surface area contributed by atoms with Gasteiger partial charge in [0.05, 0.1) is 17.5 Å². The maximum absolute atomic E-state index is 12.9. The van der Waals surface area contributed by atoms with Gasteiger partial charge in [0.15, 0.2) is 11.6 Å². The zero-order valence-electron chi connectivity index (χ0n) is 17.3. The van der Waals surface area contributed by atoms with Crippen LogP contribution in [0.4, 0.5) is 0 Å². The number of carbonyl (C=O) groups is 1. The molecule has 2 N–H and O–H groups in total. The highest BCUT2D eigenvalue weighted by molar-refractivity contribution is 5.98. The summed E-state index contributed by atoms with van der Waals surface area (Å²) in [6.45, 7) is 1.96. The predicted octanol–water partition coefficient (Wildman–Crippen LogP) is 4.75. The number of phenols is 1. The average molecular weight is 412 g/mol. The van der Waals surface area contributed by atoms with Crippen molar-refractivity contribution in [1.82, 2.24) is 9.97 Å². The van der Waals surface area contributed by atoms with Crippen molar-refractivity contribution in [2.24, 2.45) is 11.8 Å². The maximum atomic E-state index is 12.9. The third kappa shape index (κ3) is 2.87. The van der Waals surface area contributed by atoms with Gasteiger partial charge in [0, 0.05) is 23.1 Å². The van der Waals surface area contributed by atoms with Gasteiger partial charge >= 0.3 is 0 Å². The summed E-state index contributed by atoms with van der Waals surface area (Å²) >= 11 is 0. The second kappa shape index (κ2) is 7.34. The van der Waals surface area contributed by atoms with Crippen molar-refractivity contribution in [3.05, 3.63) is 89.5 Å². The molecule has 2 aromatic carbocycles. The number of phenolic OH excluding ortho intramolecular Hbond substituents is 1. The van der Waals surface area contributed by atoms with Crippen LogP contribution < -0.4 is 0 Å². The van der Waals surface area contributed by atoms with Crippen LogP contribution in [-0.4, -0.2) is 26.0 Å². The van der Waals surface area contributed by atoms with Crippen LogP contribution in [0.5, 0.6) is 5.75 Å². The minimum Gasteiger partial charge on any atom is -0.515 e. The van der Waals surface area contributed by atoms with Crippen LogP contribution in [-0.2, 0) is 16.6 Å². The van der Waals surface area contributed by atoms with Gasteiger partial charge in [-0.2, -0.15) is 0 Å². The fraction of sp³-hybridized carbons (Fsp3) is 0.269. The summed E-state index contributed by atoms with van der Waals surface area (Å²) in [5.74, 6) is 0.436. The minimum atomic E-state index is -0.543. The zero-order valence-corrected chi connectivity index (χ0v) is 17.3. The first-order chi connectivity index (χ1) is 15.1. The summed E-state index contributed by atoms with van der Waals surface area (Å²) in [4.78, 5) is 22.5. The zero-order chi connectivity index (χ0) is 21.6. The molecule has 2 aliphatic rings. The average Bonchev–Trinajstić information content (AvgIpc) is 2.81. The largest absolute Gasteiger partial charge is 0.515 e. The summed E-state index contributed by atoms with van der Waals surface area (Å²) in [5, 5.41) is 20.3. The summed E-state index contributed by atoms with van der Waals surface area (Å²) in [7, 11) is 0. The topological polar surface area (TPSA) is 83.3 Å². The lowest BCUT2D eigenvalue weighted by Crippen LogP contribution is -2.51. The maximum Gasteiger partial charge on any atom is 0.165 e. The first-order valence-electron chi connectivity index (χ1n) is 10.6. The van der Waals surface area contributed by atoms with E-state index in [2.05, 4.69) is 17.1 Å². The number of hydrogen-bond acceptors (Lipinski definition) is 5. The normalized spacial score (nSPS) is 26.4. The third-order valence-electron chi connectivity index (χ3n) is 7.04.